The molecule has 28 heavy (non-hydrogen) atoms. The van der Waals surface area contributed by atoms with Gasteiger partial charge in [0.1, 0.15) is 13.5 Å². The molecule has 0 aliphatic heterocycles. The van der Waals surface area contributed by atoms with Gasteiger partial charge in [-0.1, -0.05) is 0 Å². The smallest absolute Gasteiger partial charge is 0.318 e. The van der Waals surface area contributed by atoms with E-state index in [1.165, 1.54) is 64.2 Å². The lowest BCUT2D eigenvalue weighted by Crippen LogP contribution is -2.52. The Morgan fingerprint density at radius 1 is 0.643 bits per heavy atom. The van der Waals surface area contributed by atoms with E-state index in [1.807, 2.05) is 0 Å². The summed E-state index contributed by atoms with van der Waals surface area (Å²) >= 11 is 0. The second-order valence-electron chi connectivity index (χ2n) is 11.3. The molecule has 8 aliphatic carbocycles. The molecule has 0 aromatic rings. The molecule has 8 saturated carbocycles. The average molecular weight is 389 g/mol. The van der Waals surface area contributed by atoms with Gasteiger partial charge in [0.05, 0.1) is 12.2 Å². The summed E-state index contributed by atoms with van der Waals surface area (Å²) in [5.41, 5.74) is 5.68. The SMILES string of the molecule is NC(=O)N(COC1C2CC3CC(C2)CC1C3)COC1C2CC3CC(C2)CC1C3. The van der Waals surface area contributed by atoms with Crippen LogP contribution in [0.4, 0.5) is 4.79 Å². The maximum absolute atomic E-state index is 12.0. The van der Waals surface area contributed by atoms with Crippen molar-refractivity contribution in [3.63, 3.8) is 0 Å². The molecule has 0 saturated heterocycles. The Hall–Kier alpha value is -0.810. The number of nitrogens with two attached hydrogens (primary N) is 1. The molecule has 8 bridgehead atoms. The van der Waals surface area contributed by atoms with Gasteiger partial charge in [-0.3, -0.25) is 4.90 Å². The Morgan fingerprint density at radius 3 is 1.25 bits per heavy atom. The first-order chi connectivity index (χ1) is 13.6. The fraction of sp³-hybridized carbons (Fsp3) is 0.957. The third kappa shape index (κ3) is 3.08. The lowest BCUT2D eigenvalue weighted by atomic mass is 9.55. The maximum Gasteiger partial charge on any atom is 0.318 e. The molecule has 8 fully saturated rings. The summed E-state index contributed by atoms with van der Waals surface area (Å²) in [5, 5.41) is 0. The average Bonchev–Trinajstić information content (AvgIpc) is 2.63. The molecule has 0 atom stereocenters. The normalized spacial score (nSPS) is 50.3. The highest BCUT2D eigenvalue weighted by molar-refractivity contribution is 5.71. The molecule has 0 unspecified atom stereocenters. The van der Waals surface area contributed by atoms with Crippen LogP contribution >= 0.6 is 0 Å². The van der Waals surface area contributed by atoms with Gasteiger partial charge >= 0.3 is 6.03 Å². The summed E-state index contributed by atoms with van der Waals surface area (Å²) in [5.74, 6) is 6.58. The van der Waals surface area contributed by atoms with E-state index in [-0.39, 0.29) is 0 Å². The number of hydrogen-bond donors (Lipinski definition) is 1. The van der Waals surface area contributed by atoms with Gasteiger partial charge in [0.15, 0.2) is 0 Å². The zero-order valence-electron chi connectivity index (χ0n) is 17.0. The van der Waals surface area contributed by atoms with Crippen molar-refractivity contribution in [3.05, 3.63) is 0 Å². The largest absolute Gasteiger partial charge is 0.357 e. The number of primary amides is 1. The predicted octanol–water partition coefficient (Wildman–Crippen LogP) is 3.96. The van der Waals surface area contributed by atoms with Gasteiger partial charge in [-0.25, -0.2) is 4.79 Å². The summed E-state index contributed by atoms with van der Waals surface area (Å²) in [6.45, 7) is 0.602. The number of amides is 2. The predicted molar refractivity (Wildman–Crippen MR) is 105 cm³/mol. The number of carbonyl (C=O) groups is 1. The molecular weight excluding hydrogens is 352 g/mol. The topological polar surface area (TPSA) is 64.8 Å². The van der Waals surface area contributed by atoms with Crippen molar-refractivity contribution in [1.29, 1.82) is 0 Å². The van der Waals surface area contributed by atoms with Crippen LogP contribution in [0, 0.1) is 47.3 Å². The zero-order chi connectivity index (χ0) is 18.8. The van der Waals surface area contributed by atoms with Crippen LogP contribution in [0.1, 0.15) is 64.2 Å². The molecular formula is C23H36N2O3. The highest BCUT2D eigenvalue weighted by Crippen LogP contribution is 2.55. The van der Waals surface area contributed by atoms with Crippen molar-refractivity contribution >= 4 is 6.03 Å². The van der Waals surface area contributed by atoms with E-state index in [2.05, 4.69) is 0 Å². The monoisotopic (exact) mass is 388 g/mol. The third-order valence-electron chi connectivity index (χ3n) is 9.44. The van der Waals surface area contributed by atoms with Crippen molar-refractivity contribution < 1.29 is 14.3 Å². The summed E-state index contributed by atoms with van der Waals surface area (Å²) in [6.07, 6.45) is 14.2. The van der Waals surface area contributed by atoms with Gasteiger partial charge in [-0.05, 0) is 112 Å². The molecule has 5 nitrogen and oxygen atoms in total. The number of urea groups is 1. The van der Waals surface area contributed by atoms with Crippen LogP contribution in [0.15, 0.2) is 0 Å². The number of rotatable bonds is 6. The first-order valence-electron chi connectivity index (χ1n) is 11.9. The van der Waals surface area contributed by atoms with Crippen molar-refractivity contribution in [1.82, 2.24) is 4.90 Å². The van der Waals surface area contributed by atoms with Crippen molar-refractivity contribution in [2.75, 3.05) is 13.5 Å². The second-order valence-corrected chi connectivity index (χ2v) is 11.3. The molecule has 0 spiro atoms. The second kappa shape index (κ2) is 6.87. The van der Waals surface area contributed by atoms with Gasteiger partial charge in [0.25, 0.3) is 0 Å². The Kier molecular flexibility index (Phi) is 4.41. The van der Waals surface area contributed by atoms with Gasteiger partial charge in [-0.15, -0.1) is 0 Å². The van der Waals surface area contributed by atoms with Gasteiger partial charge in [0, 0.05) is 0 Å². The number of nitrogens with zero attached hydrogens (tertiary/aromatic N) is 1. The molecule has 8 rings (SSSR count). The Morgan fingerprint density at radius 2 is 0.964 bits per heavy atom. The summed E-state index contributed by atoms with van der Waals surface area (Å²) in [7, 11) is 0. The van der Waals surface area contributed by atoms with E-state index in [1.54, 1.807) is 4.90 Å². The quantitative estimate of drug-likeness (QED) is 0.700. The molecule has 0 heterocycles. The van der Waals surface area contributed by atoms with Crippen LogP contribution in [-0.4, -0.2) is 36.6 Å². The highest BCUT2D eigenvalue weighted by Gasteiger charge is 2.50. The Bertz CT molecular complexity index is 521. The molecule has 5 heteroatoms. The molecule has 0 aromatic heterocycles. The van der Waals surface area contributed by atoms with Crippen molar-refractivity contribution in [3.8, 4) is 0 Å². The van der Waals surface area contributed by atoms with E-state index < -0.39 is 6.03 Å². The van der Waals surface area contributed by atoms with Crippen LogP contribution in [0.25, 0.3) is 0 Å². The first-order valence-corrected chi connectivity index (χ1v) is 11.9. The summed E-state index contributed by atoms with van der Waals surface area (Å²) < 4.78 is 12.7. The fourth-order valence-electron chi connectivity index (χ4n) is 8.81. The molecule has 156 valence electrons. The van der Waals surface area contributed by atoms with Gasteiger partial charge < -0.3 is 15.2 Å². The van der Waals surface area contributed by atoms with Crippen LogP contribution in [0.5, 0.6) is 0 Å². The highest BCUT2D eigenvalue weighted by atomic mass is 16.5. The van der Waals surface area contributed by atoms with E-state index in [0.29, 0.717) is 49.3 Å². The fourth-order valence-corrected chi connectivity index (χ4v) is 8.81. The third-order valence-corrected chi connectivity index (χ3v) is 9.44. The van der Waals surface area contributed by atoms with Crippen molar-refractivity contribution in [2.24, 2.45) is 53.1 Å². The standard InChI is InChI=1S/C23H36N2O3/c24-23(26)25(11-27-21-17-3-13-1-14(5-17)6-18(21)4-13)12-28-22-19-7-15-2-16(9-19)10-20(22)8-15/h13-22H,1-12H2,(H2,24,26). The van der Waals surface area contributed by atoms with E-state index in [9.17, 15) is 4.79 Å². The number of ether oxygens (including phenoxy) is 2. The van der Waals surface area contributed by atoms with Crippen LogP contribution in [-0.2, 0) is 9.47 Å². The van der Waals surface area contributed by atoms with E-state index in [4.69, 9.17) is 15.2 Å². The number of hydrogen-bond acceptors (Lipinski definition) is 3. The van der Waals surface area contributed by atoms with Crippen molar-refractivity contribution in [2.45, 2.75) is 76.4 Å². The van der Waals surface area contributed by atoms with Gasteiger partial charge in [0.2, 0.25) is 0 Å². The molecule has 2 amide bonds. The lowest BCUT2D eigenvalue weighted by molar-refractivity contribution is -0.172. The summed E-state index contributed by atoms with van der Waals surface area (Å²) in [6, 6.07) is -0.410. The lowest BCUT2D eigenvalue weighted by Gasteiger charge is -2.54. The number of carbonyl (C=O) groups excluding carboxylic acids is 1. The van der Waals surface area contributed by atoms with Crippen LogP contribution in [0.2, 0.25) is 0 Å². The Labute approximate surface area is 168 Å². The Balaban J connectivity index is 1.05. The minimum Gasteiger partial charge on any atom is -0.357 e. The maximum atomic E-state index is 12.0. The molecule has 8 aliphatic rings. The molecule has 0 radical (unpaired) electrons. The van der Waals surface area contributed by atoms with Gasteiger partial charge in [-0.2, -0.15) is 0 Å². The molecule has 2 N–H and O–H groups in total. The van der Waals surface area contributed by atoms with E-state index in [0.717, 1.165) is 23.7 Å². The zero-order valence-corrected chi connectivity index (χ0v) is 17.0. The first kappa shape index (κ1) is 18.0. The van der Waals surface area contributed by atoms with Crippen LogP contribution in [0.3, 0.4) is 0 Å². The minimum absolute atomic E-state index is 0.301. The summed E-state index contributed by atoms with van der Waals surface area (Å²) in [4.78, 5) is 13.6. The molecule has 0 aromatic carbocycles. The minimum atomic E-state index is -0.410. The van der Waals surface area contributed by atoms with E-state index >= 15 is 0 Å². The van der Waals surface area contributed by atoms with Crippen LogP contribution < -0.4 is 5.73 Å².